The van der Waals surface area contributed by atoms with Crippen molar-refractivity contribution in [2.45, 2.75) is 63.9 Å². The lowest BCUT2D eigenvalue weighted by Crippen LogP contribution is -2.54. The first-order valence-corrected chi connectivity index (χ1v) is 15.8. The van der Waals surface area contributed by atoms with E-state index in [1.54, 1.807) is 12.1 Å². The van der Waals surface area contributed by atoms with Crippen LogP contribution in [0.25, 0.3) is 0 Å². The van der Waals surface area contributed by atoms with Gasteiger partial charge in [-0.15, -0.1) is 0 Å². The van der Waals surface area contributed by atoms with E-state index < -0.39 is 28.5 Å². The van der Waals surface area contributed by atoms with Gasteiger partial charge in [0.1, 0.15) is 12.6 Å². The van der Waals surface area contributed by atoms with Crippen molar-refractivity contribution in [3.05, 3.63) is 94.0 Å². The smallest absolute Gasteiger partial charge is 0.264 e. The number of hydrogen-bond donors (Lipinski definition) is 1. The van der Waals surface area contributed by atoms with Crippen LogP contribution in [0, 0.1) is 6.92 Å². The topological polar surface area (TPSA) is 86.8 Å². The van der Waals surface area contributed by atoms with Crippen molar-refractivity contribution in [1.29, 1.82) is 0 Å². The molecule has 220 valence electrons. The molecule has 0 aliphatic carbocycles. The number of rotatable bonds is 13. The van der Waals surface area contributed by atoms with Crippen LogP contribution in [0.4, 0.5) is 5.69 Å². The Morgan fingerprint density at radius 1 is 0.902 bits per heavy atom. The van der Waals surface area contributed by atoms with Gasteiger partial charge in [-0.1, -0.05) is 85.1 Å². The van der Waals surface area contributed by atoms with Crippen LogP contribution in [0.1, 0.15) is 44.7 Å². The molecule has 1 N–H and O–H groups in total. The first-order valence-electron chi connectivity index (χ1n) is 13.7. The molecule has 41 heavy (non-hydrogen) atoms. The summed E-state index contributed by atoms with van der Waals surface area (Å²) in [6.07, 6.45) is 1.59. The minimum absolute atomic E-state index is 0.0180. The molecule has 2 amide bonds. The molecule has 0 spiro atoms. The van der Waals surface area contributed by atoms with Gasteiger partial charge in [0.25, 0.3) is 10.0 Å². The quantitative estimate of drug-likeness (QED) is 0.245. The lowest BCUT2D eigenvalue weighted by Gasteiger charge is -2.33. The summed E-state index contributed by atoms with van der Waals surface area (Å²) < 4.78 is 28.9. The predicted octanol–water partition coefficient (Wildman–Crippen LogP) is 6.26. The number of nitrogens with one attached hydrogen (secondary N) is 1. The van der Waals surface area contributed by atoms with Gasteiger partial charge in [0.05, 0.1) is 10.6 Å². The molecule has 3 aromatic carbocycles. The van der Waals surface area contributed by atoms with E-state index in [0.29, 0.717) is 12.8 Å². The fourth-order valence-corrected chi connectivity index (χ4v) is 6.30. The molecule has 0 fully saturated rings. The Balaban J connectivity index is 2.04. The SMILES string of the molecule is CC[C@H](C(=O)N[C@@H](C)CC)N(CCc1ccccc1)C(=O)CN(c1cc(Cl)cc(Cl)c1)S(=O)(=O)c1ccc(C)cc1. The summed E-state index contributed by atoms with van der Waals surface area (Å²) in [7, 11) is -4.21. The Morgan fingerprint density at radius 3 is 2.07 bits per heavy atom. The molecular formula is C31H37Cl2N3O4S. The summed E-state index contributed by atoms with van der Waals surface area (Å²) in [5.41, 5.74) is 2.03. The molecule has 0 aliphatic rings. The molecule has 0 bridgehead atoms. The number of hydrogen-bond acceptors (Lipinski definition) is 4. The highest BCUT2D eigenvalue weighted by atomic mass is 35.5. The number of benzene rings is 3. The summed E-state index contributed by atoms with van der Waals surface area (Å²) in [5.74, 6) is -0.791. The van der Waals surface area contributed by atoms with Crippen LogP contribution in [0.2, 0.25) is 10.0 Å². The van der Waals surface area contributed by atoms with Crippen LogP contribution in [-0.4, -0.2) is 50.3 Å². The summed E-state index contributed by atoms with van der Waals surface area (Å²) in [6, 6.07) is 19.5. The van der Waals surface area contributed by atoms with E-state index in [1.807, 2.05) is 58.0 Å². The van der Waals surface area contributed by atoms with Gasteiger partial charge >= 0.3 is 0 Å². The van der Waals surface area contributed by atoms with Crippen molar-refractivity contribution >= 4 is 50.7 Å². The normalized spacial score (nSPS) is 12.8. The van der Waals surface area contributed by atoms with Gasteiger partial charge in [-0.2, -0.15) is 0 Å². The van der Waals surface area contributed by atoms with Crippen LogP contribution in [0.5, 0.6) is 0 Å². The maximum atomic E-state index is 14.1. The third-order valence-electron chi connectivity index (χ3n) is 6.89. The van der Waals surface area contributed by atoms with Crippen molar-refractivity contribution in [2.75, 3.05) is 17.4 Å². The van der Waals surface area contributed by atoms with Gasteiger partial charge in [0.2, 0.25) is 11.8 Å². The van der Waals surface area contributed by atoms with E-state index in [2.05, 4.69) is 5.32 Å². The van der Waals surface area contributed by atoms with Gasteiger partial charge in [-0.05, 0) is 69.0 Å². The fourth-order valence-electron chi connectivity index (χ4n) is 4.39. The first kappa shape index (κ1) is 32.4. The summed E-state index contributed by atoms with van der Waals surface area (Å²) in [6.45, 7) is 7.24. The van der Waals surface area contributed by atoms with Crippen molar-refractivity contribution < 1.29 is 18.0 Å². The standard InChI is InChI=1S/C31H37Cl2N3O4S/c1-5-23(4)34-31(38)29(6-2)35(17-16-24-10-8-7-9-11-24)30(37)21-36(27-19-25(32)18-26(33)20-27)41(39,40)28-14-12-22(3)13-15-28/h7-15,18-20,23,29H,5-6,16-17,21H2,1-4H3,(H,34,38)/t23-,29+/m0/s1. The zero-order valence-electron chi connectivity index (χ0n) is 23.8. The van der Waals surface area contributed by atoms with Crippen LogP contribution in [0.15, 0.2) is 77.7 Å². The number of carbonyl (C=O) groups is 2. The molecule has 0 aliphatic heterocycles. The van der Waals surface area contributed by atoms with Gasteiger partial charge in [0.15, 0.2) is 0 Å². The lowest BCUT2D eigenvalue weighted by molar-refractivity contribution is -0.139. The molecule has 10 heteroatoms. The maximum absolute atomic E-state index is 14.1. The average Bonchev–Trinajstić information content (AvgIpc) is 2.93. The Morgan fingerprint density at radius 2 is 1.51 bits per heavy atom. The number of carbonyl (C=O) groups excluding carboxylic acids is 2. The Hall–Kier alpha value is -3.07. The minimum Gasteiger partial charge on any atom is -0.352 e. The summed E-state index contributed by atoms with van der Waals surface area (Å²) in [5, 5.41) is 3.43. The van der Waals surface area contributed by atoms with E-state index in [9.17, 15) is 18.0 Å². The average molecular weight is 619 g/mol. The van der Waals surface area contributed by atoms with E-state index in [4.69, 9.17) is 23.2 Å². The van der Waals surface area contributed by atoms with Crippen LogP contribution >= 0.6 is 23.2 Å². The molecule has 0 radical (unpaired) electrons. The largest absolute Gasteiger partial charge is 0.352 e. The number of amides is 2. The highest BCUT2D eigenvalue weighted by molar-refractivity contribution is 7.92. The number of sulfonamides is 1. The molecular weight excluding hydrogens is 581 g/mol. The van der Waals surface area contributed by atoms with E-state index in [0.717, 1.165) is 21.9 Å². The molecule has 0 aromatic heterocycles. The number of anilines is 1. The lowest BCUT2D eigenvalue weighted by atomic mass is 10.1. The van der Waals surface area contributed by atoms with Crippen molar-refractivity contribution in [1.82, 2.24) is 10.2 Å². The zero-order valence-corrected chi connectivity index (χ0v) is 26.1. The van der Waals surface area contributed by atoms with E-state index >= 15 is 0 Å². The molecule has 3 aromatic rings. The second-order valence-corrected chi connectivity index (χ2v) is 12.8. The van der Waals surface area contributed by atoms with E-state index in [-0.39, 0.29) is 39.1 Å². The highest BCUT2D eigenvalue weighted by Gasteiger charge is 2.34. The second kappa shape index (κ2) is 14.7. The Kier molecular flexibility index (Phi) is 11.6. The summed E-state index contributed by atoms with van der Waals surface area (Å²) in [4.78, 5) is 28.9. The van der Waals surface area contributed by atoms with Gasteiger partial charge in [-0.25, -0.2) is 8.42 Å². The monoisotopic (exact) mass is 617 g/mol. The van der Waals surface area contributed by atoms with Crippen molar-refractivity contribution in [2.24, 2.45) is 0 Å². The third kappa shape index (κ3) is 8.71. The fraction of sp³-hybridized carbons (Fsp3) is 0.355. The van der Waals surface area contributed by atoms with Crippen LogP contribution < -0.4 is 9.62 Å². The molecule has 2 atom stereocenters. The van der Waals surface area contributed by atoms with Crippen molar-refractivity contribution in [3.8, 4) is 0 Å². The number of aryl methyl sites for hydroxylation is 1. The van der Waals surface area contributed by atoms with Gasteiger partial charge in [0, 0.05) is 22.6 Å². The number of halogens is 2. The van der Waals surface area contributed by atoms with Crippen molar-refractivity contribution in [3.63, 3.8) is 0 Å². The maximum Gasteiger partial charge on any atom is 0.264 e. The Bertz CT molecular complexity index is 1410. The molecule has 0 heterocycles. The molecule has 0 saturated carbocycles. The second-order valence-electron chi connectivity index (χ2n) is 10.0. The summed E-state index contributed by atoms with van der Waals surface area (Å²) >= 11 is 12.5. The van der Waals surface area contributed by atoms with Gasteiger partial charge < -0.3 is 10.2 Å². The van der Waals surface area contributed by atoms with Crippen LogP contribution in [-0.2, 0) is 26.0 Å². The van der Waals surface area contributed by atoms with E-state index in [1.165, 1.54) is 35.2 Å². The van der Waals surface area contributed by atoms with Gasteiger partial charge in [-0.3, -0.25) is 13.9 Å². The Labute approximate surface area is 253 Å². The molecule has 3 rings (SSSR count). The molecule has 7 nitrogen and oxygen atoms in total. The zero-order chi connectivity index (χ0) is 30.2. The predicted molar refractivity (Wildman–Crippen MR) is 166 cm³/mol. The minimum atomic E-state index is -4.21. The highest BCUT2D eigenvalue weighted by Crippen LogP contribution is 2.30. The molecule has 0 saturated heterocycles. The number of nitrogens with zero attached hydrogens (tertiary/aromatic N) is 2. The first-order chi connectivity index (χ1) is 19.5. The van der Waals surface area contributed by atoms with Crippen LogP contribution in [0.3, 0.4) is 0 Å². The third-order valence-corrected chi connectivity index (χ3v) is 9.12. The molecule has 0 unspecified atom stereocenters.